The largest absolute Gasteiger partial charge is 0.496 e. The minimum atomic E-state index is 0.0117. The number of aromatic amines is 1. The summed E-state index contributed by atoms with van der Waals surface area (Å²) in [6.07, 6.45) is 3.13. The highest BCUT2D eigenvalue weighted by atomic mass is 32.1. The van der Waals surface area contributed by atoms with Crippen molar-refractivity contribution in [1.82, 2.24) is 20.1 Å². The molecule has 2 aliphatic carbocycles. The Labute approximate surface area is 145 Å². The zero-order valence-corrected chi connectivity index (χ0v) is 14.3. The first-order valence-corrected chi connectivity index (χ1v) is 8.66. The van der Waals surface area contributed by atoms with E-state index in [1.165, 1.54) is 0 Å². The Morgan fingerprint density at radius 2 is 2.25 bits per heavy atom. The molecule has 6 nitrogen and oxygen atoms in total. The Hall–Kier alpha value is -2.15. The molecule has 4 rings (SSSR count). The van der Waals surface area contributed by atoms with Crippen molar-refractivity contribution in [3.05, 3.63) is 40.4 Å². The van der Waals surface area contributed by atoms with Crippen molar-refractivity contribution in [3.63, 3.8) is 0 Å². The van der Waals surface area contributed by atoms with Crippen LogP contribution in [0.2, 0.25) is 0 Å². The molecule has 2 N–H and O–H groups in total. The van der Waals surface area contributed by atoms with Gasteiger partial charge in [-0.2, -0.15) is 5.10 Å². The van der Waals surface area contributed by atoms with Crippen LogP contribution in [0.15, 0.2) is 24.3 Å². The van der Waals surface area contributed by atoms with Crippen LogP contribution < -0.4 is 10.1 Å². The van der Waals surface area contributed by atoms with Gasteiger partial charge < -0.3 is 10.1 Å². The molecule has 0 bridgehead atoms. The summed E-state index contributed by atoms with van der Waals surface area (Å²) in [6.45, 7) is 0.414. The Morgan fingerprint density at radius 1 is 1.46 bits per heavy atom. The van der Waals surface area contributed by atoms with Gasteiger partial charge in [0.1, 0.15) is 5.75 Å². The van der Waals surface area contributed by atoms with E-state index in [2.05, 4.69) is 15.5 Å². The average molecular weight is 344 g/mol. The smallest absolute Gasteiger partial charge is 0.224 e. The molecule has 1 aromatic heterocycles. The van der Waals surface area contributed by atoms with Crippen molar-refractivity contribution in [2.24, 2.45) is 5.92 Å². The van der Waals surface area contributed by atoms with Crippen molar-refractivity contribution in [1.29, 1.82) is 0 Å². The lowest BCUT2D eigenvalue weighted by Gasteiger charge is -2.09. The average Bonchev–Trinajstić information content (AvgIpc) is 3.51. The molecule has 7 heteroatoms. The fourth-order valence-electron chi connectivity index (χ4n) is 3.27. The second kappa shape index (κ2) is 6.05. The molecule has 24 heavy (non-hydrogen) atoms. The van der Waals surface area contributed by atoms with E-state index in [-0.39, 0.29) is 17.7 Å². The quantitative estimate of drug-likeness (QED) is 0.791. The lowest BCUT2D eigenvalue weighted by atomic mass is 10.1. The van der Waals surface area contributed by atoms with Gasteiger partial charge in [-0.1, -0.05) is 18.2 Å². The fraction of sp³-hybridized carbons (Fsp3) is 0.471. The Morgan fingerprint density at radius 3 is 3.00 bits per heavy atom. The monoisotopic (exact) mass is 344 g/mol. The highest BCUT2D eigenvalue weighted by Crippen LogP contribution is 2.50. The van der Waals surface area contributed by atoms with Gasteiger partial charge in [-0.15, -0.1) is 0 Å². The van der Waals surface area contributed by atoms with Crippen molar-refractivity contribution in [3.8, 4) is 5.75 Å². The number of aromatic nitrogens is 3. The summed E-state index contributed by atoms with van der Waals surface area (Å²) in [5.41, 5.74) is 1.11. The molecule has 1 amide bonds. The Balaban J connectivity index is 1.39. The number of hydrogen-bond acceptors (Lipinski definition) is 4. The van der Waals surface area contributed by atoms with E-state index in [0.717, 1.165) is 36.4 Å². The summed E-state index contributed by atoms with van der Waals surface area (Å²) in [7, 11) is 1.66. The highest BCUT2D eigenvalue weighted by Gasteiger charge is 2.45. The molecule has 2 unspecified atom stereocenters. The Bertz CT molecular complexity index is 824. The van der Waals surface area contributed by atoms with Crippen molar-refractivity contribution in [2.45, 2.75) is 37.8 Å². The van der Waals surface area contributed by atoms with Gasteiger partial charge in [-0.25, -0.2) is 0 Å². The van der Waals surface area contributed by atoms with Crippen molar-refractivity contribution in [2.75, 3.05) is 7.11 Å². The summed E-state index contributed by atoms with van der Waals surface area (Å²) in [5, 5.41) is 10.1. The maximum absolute atomic E-state index is 12.4. The summed E-state index contributed by atoms with van der Waals surface area (Å²) in [6, 6.07) is 8.36. The van der Waals surface area contributed by atoms with Gasteiger partial charge >= 0.3 is 0 Å². The van der Waals surface area contributed by atoms with E-state index in [9.17, 15) is 4.79 Å². The number of H-pyrrole nitrogens is 1. The normalized spacial score (nSPS) is 22.2. The van der Waals surface area contributed by atoms with Gasteiger partial charge in [-0.3, -0.25) is 14.5 Å². The standard InChI is InChI=1S/C17H20N4O2S/c1-23-14-5-3-2-4-11(14)12-8-13(12)16(22)18-9-15-19-20-17(24)21(15)10-6-7-10/h2-5,10,12-13H,6-9H2,1H3,(H,18,22)(H,20,24). The molecular formula is C17H20N4O2S. The van der Waals surface area contributed by atoms with Crippen LogP contribution in [0, 0.1) is 10.7 Å². The molecule has 2 atom stereocenters. The Kier molecular flexibility index (Phi) is 3.88. The maximum atomic E-state index is 12.4. The molecule has 2 fully saturated rings. The third-order valence-corrected chi connectivity index (χ3v) is 5.06. The second-order valence-corrected chi connectivity index (χ2v) is 6.84. The summed E-state index contributed by atoms with van der Waals surface area (Å²) >= 11 is 5.26. The van der Waals surface area contributed by atoms with Crippen LogP contribution in [0.25, 0.3) is 0 Å². The van der Waals surface area contributed by atoms with Gasteiger partial charge in [0.05, 0.1) is 13.7 Å². The molecular weight excluding hydrogens is 324 g/mol. The number of ether oxygens (including phenoxy) is 1. The second-order valence-electron chi connectivity index (χ2n) is 6.45. The van der Waals surface area contributed by atoms with Crippen LogP contribution in [0.3, 0.4) is 0 Å². The molecule has 1 heterocycles. The number of hydrogen-bond donors (Lipinski definition) is 2. The van der Waals surface area contributed by atoms with E-state index >= 15 is 0 Å². The topological polar surface area (TPSA) is 71.9 Å². The first-order valence-electron chi connectivity index (χ1n) is 8.25. The maximum Gasteiger partial charge on any atom is 0.224 e. The first-order chi connectivity index (χ1) is 11.7. The van der Waals surface area contributed by atoms with Gasteiger partial charge in [0.2, 0.25) is 5.91 Å². The third-order valence-electron chi connectivity index (χ3n) is 4.78. The predicted molar refractivity (Wildman–Crippen MR) is 91.4 cm³/mol. The molecule has 1 aromatic carbocycles. The predicted octanol–water partition coefficient (Wildman–Crippen LogP) is 2.70. The van der Waals surface area contributed by atoms with Crippen molar-refractivity contribution >= 4 is 18.1 Å². The molecule has 0 radical (unpaired) electrons. The van der Waals surface area contributed by atoms with E-state index < -0.39 is 0 Å². The van der Waals surface area contributed by atoms with Gasteiger partial charge in [-0.05, 0) is 49.0 Å². The first kappa shape index (κ1) is 15.4. The van der Waals surface area contributed by atoms with Crippen LogP contribution in [0.5, 0.6) is 5.75 Å². The number of nitrogens with zero attached hydrogens (tertiary/aromatic N) is 2. The SMILES string of the molecule is COc1ccccc1C1CC1C(=O)NCc1n[nH]c(=S)n1C1CC1. The van der Waals surface area contributed by atoms with E-state index in [1.54, 1.807) is 7.11 Å². The number of rotatable bonds is 6. The van der Waals surface area contributed by atoms with Gasteiger partial charge in [0.25, 0.3) is 0 Å². The summed E-state index contributed by atoms with van der Waals surface area (Å²) < 4.78 is 8.06. The zero-order valence-electron chi connectivity index (χ0n) is 13.5. The fourth-order valence-corrected chi connectivity index (χ4v) is 3.57. The molecule has 2 aliphatic rings. The minimum Gasteiger partial charge on any atom is -0.496 e. The van der Waals surface area contributed by atoms with Gasteiger partial charge in [0.15, 0.2) is 10.6 Å². The highest BCUT2D eigenvalue weighted by molar-refractivity contribution is 7.71. The summed E-state index contributed by atoms with van der Waals surface area (Å²) in [4.78, 5) is 12.4. The molecule has 2 saturated carbocycles. The summed E-state index contributed by atoms with van der Waals surface area (Å²) in [5.74, 6) is 1.99. The van der Waals surface area contributed by atoms with Crippen LogP contribution in [0.1, 0.15) is 42.6 Å². The number of methoxy groups -OCH3 is 1. The van der Waals surface area contributed by atoms with E-state index in [0.29, 0.717) is 17.4 Å². The van der Waals surface area contributed by atoms with Crippen LogP contribution in [-0.2, 0) is 11.3 Å². The molecule has 0 aliphatic heterocycles. The minimum absolute atomic E-state index is 0.0117. The number of nitrogens with one attached hydrogen (secondary N) is 2. The van der Waals surface area contributed by atoms with Crippen molar-refractivity contribution < 1.29 is 9.53 Å². The van der Waals surface area contributed by atoms with E-state index in [4.69, 9.17) is 17.0 Å². The van der Waals surface area contributed by atoms with E-state index in [1.807, 2.05) is 28.8 Å². The number of benzene rings is 1. The molecule has 0 saturated heterocycles. The zero-order chi connectivity index (χ0) is 16.7. The third kappa shape index (κ3) is 2.84. The molecule has 2 aromatic rings. The lowest BCUT2D eigenvalue weighted by molar-refractivity contribution is -0.122. The number of carbonyl (C=O) groups is 1. The van der Waals surface area contributed by atoms with Crippen LogP contribution in [-0.4, -0.2) is 27.8 Å². The lowest BCUT2D eigenvalue weighted by Crippen LogP contribution is -2.26. The van der Waals surface area contributed by atoms with Crippen LogP contribution >= 0.6 is 12.2 Å². The number of amides is 1. The molecule has 0 spiro atoms. The number of carbonyl (C=O) groups excluding carboxylic acids is 1. The van der Waals surface area contributed by atoms with Gasteiger partial charge in [0, 0.05) is 12.0 Å². The van der Waals surface area contributed by atoms with Crippen LogP contribution in [0.4, 0.5) is 0 Å². The number of para-hydroxylation sites is 1. The molecule has 126 valence electrons.